The number of aromatic hydroxyl groups is 2. The number of phenolic OH excluding ortho intramolecular Hbond substituents is 2. The number of ketones is 2. The largest absolute Gasteiger partial charge is 0.508 e. The van der Waals surface area contributed by atoms with E-state index in [1.165, 1.54) is 48.7 Å². The Hall–Kier alpha value is -12.7. The standard InChI is InChI=1S/C45H51Cl3N6O5.C42H54N2O4.C19H23ClN2O5.C10H14O2/c1-9-44(5,6)29-15-18-37(33(23-29)45(7,8)10-2)59-26-38(56)49-31-14-12-13-28(22-31)42(57)51-41-39(43(58)54(52-41)40-34(47)24-30(46)25-35(40)48)50-36-17-16-32(21-27(36)4)53(11-3)19-20-55;1-9-41(4,5)32-18-20-38(37(28-32)42(6,7)10-2)48-24-14-13-21-43-40(47)36-27-31(34-15-11-12-16-35(34)39(36)46)26-30-17-19-33(25-29(30)3)44(8)22-23-45;1-10-7-8-11(20)12(9-10)21-15(24)13(14(23)18(2,3)4)22-16(25)19(5,6)27-17(22)26;1-6(2)8-5-9(11)7(3)4-10(8)12/h12-18,21-25,55H,9-11,19-20,26H2,1-8H3,(H,49,56)(H,51,52,57);11-12,15-20,25-28,45H,9-10,13-14,21-24H2,1-8H3,(H,43,47);7-9,13H,1-6H3,(H,21,24);4-6,11-12H,1-3H3. The molecule has 0 spiro atoms. The molecule has 1 atom stereocenters. The van der Waals surface area contributed by atoms with Crippen molar-refractivity contribution < 1.29 is 77.8 Å². The van der Waals surface area contributed by atoms with Crippen LogP contribution in [0, 0.1) is 33.1 Å². The lowest BCUT2D eigenvalue weighted by Gasteiger charge is -2.30. The van der Waals surface area contributed by atoms with Crippen molar-refractivity contribution in [2.24, 2.45) is 15.5 Å². The van der Waals surface area contributed by atoms with Gasteiger partial charge in [-0.2, -0.15) is 5.01 Å². The summed E-state index contributed by atoms with van der Waals surface area (Å²) in [5.41, 5.74) is 12.8. The zero-order valence-corrected chi connectivity index (χ0v) is 91.7. The summed E-state index contributed by atoms with van der Waals surface area (Å²) in [5, 5.41) is 54.8. The number of imide groups is 1. The predicted octanol–water partition coefficient (Wildman–Crippen LogP) is 24.3. The lowest BCUT2D eigenvalue weighted by Crippen LogP contribution is -2.55. The van der Waals surface area contributed by atoms with Crippen molar-refractivity contribution in [2.75, 3.05) is 85.1 Å². The fourth-order valence-electron chi connectivity index (χ4n) is 16.0. The number of halogens is 4. The number of aryl methyl sites for hydroxylation is 4. The number of phenols is 2. The number of hydrogen-bond acceptors (Lipinski definition) is 20. The number of amides is 7. The summed E-state index contributed by atoms with van der Waals surface area (Å²) < 4.78 is 17.5. The van der Waals surface area contributed by atoms with Crippen molar-refractivity contribution in [1.82, 2.24) is 15.5 Å². The number of aliphatic imine (C=N–C) groups is 1. The second-order valence-corrected chi connectivity index (χ2v) is 42.8. The number of aliphatic hydroxyl groups excluding tert-OH is 2. The SMILES string of the molecule is CCC(C)(C)c1ccc(OCCCCNC(=O)C2=CC(=Cc3ccc(N(C)CCO)cc3C)c3ccccc3C2=O)c(C(C)(C)CC)c1.CCN(CCO)c1ccc(N=C2C(=O)N(c3c(Cl)cc(Cl)cc3Cl)N=C2NC(=O)c2cccc(NC(=O)COc3ccc(C(C)(C)CC)cc3C(C)(C)CC)c2)c(C)c1.Cc1cc(O)c(C(C)C)cc1O.Cc1ccc(Cl)c(NC(=O)C(C(=O)C(C)(C)C)N2C(=O)OC(C)(C)C2=O)c1. The topological polar surface area (TPSA) is 348 Å². The number of rotatable bonds is 35. The Labute approximate surface area is 879 Å². The van der Waals surface area contributed by atoms with Gasteiger partial charge in [-0.05, 0) is 274 Å². The van der Waals surface area contributed by atoms with Crippen LogP contribution in [0.3, 0.4) is 0 Å². The van der Waals surface area contributed by atoms with Crippen LogP contribution in [0.4, 0.5) is 38.9 Å². The molecule has 26 nitrogen and oxygen atoms in total. The van der Waals surface area contributed by atoms with Crippen molar-refractivity contribution in [3.63, 3.8) is 0 Å². The molecular weight excluding hydrogens is 1930 g/mol. The van der Waals surface area contributed by atoms with Crippen molar-refractivity contribution in [3.8, 4) is 23.0 Å². The first-order valence-electron chi connectivity index (χ1n) is 49.4. The number of carbonyl (C=O) groups is 9. The van der Waals surface area contributed by atoms with Gasteiger partial charge in [0.15, 0.2) is 41.4 Å². The van der Waals surface area contributed by atoms with Gasteiger partial charge in [0.25, 0.3) is 29.5 Å². The first-order valence-corrected chi connectivity index (χ1v) is 50.9. The number of hydrazone groups is 1. The minimum absolute atomic E-state index is 0.00548. The third-order valence-electron chi connectivity index (χ3n) is 27.0. The van der Waals surface area contributed by atoms with Crippen LogP contribution in [-0.4, -0.2) is 161 Å². The summed E-state index contributed by atoms with van der Waals surface area (Å²) in [7, 11) is 1.95. The monoisotopic (exact) mass is 2070 g/mol. The van der Waals surface area contributed by atoms with Gasteiger partial charge in [-0.1, -0.05) is 231 Å². The Morgan fingerprint density at radius 2 is 1.18 bits per heavy atom. The highest BCUT2D eigenvalue weighted by molar-refractivity contribution is 6.72. The lowest BCUT2D eigenvalue weighted by molar-refractivity contribution is -0.145. The lowest BCUT2D eigenvalue weighted by atomic mass is 9.76. The Morgan fingerprint density at radius 3 is 1.74 bits per heavy atom. The molecule has 1 fully saturated rings. The molecule has 3 aliphatic rings. The quantitative estimate of drug-likeness (QED) is 0.00791. The molecule has 0 radical (unpaired) electrons. The molecule has 780 valence electrons. The minimum Gasteiger partial charge on any atom is -0.508 e. The number of unbranched alkanes of at least 4 members (excludes halogenated alkanes) is 1. The van der Waals surface area contributed by atoms with E-state index in [0.29, 0.717) is 65.9 Å². The maximum Gasteiger partial charge on any atom is 0.418 e. The number of fused-ring (bicyclic) bond motifs is 1. The van der Waals surface area contributed by atoms with Crippen LogP contribution in [0.25, 0.3) is 11.6 Å². The fraction of sp³-hybridized carbons (Fsp3) is 0.405. The van der Waals surface area contributed by atoms with E-state index >= 15 is 0 Å². The minimum atomic E-state index is -1.66. The van der Waals surface area contributed by atoms with E-state index in [9.17, 15) is 63.6 Å². The Balaban J connectivity index is 0.000000242. The number of allylic oxidation sites excluding steroid dienone is 2. The van der Waals surface area contributed by atoms with Crippen LogP contribution in [0.15, 0.2) is 186 Å². The van der Waals surface area contributed by atoms with Gasteiger partial charge in [0.05, 0.1) is 51.8 Å². The number of Topliss-reactive ketones (excluding diaryl/α,β-unsaturated/α-hetero) is 2. The maximum absolute atomic E-state index is 14.0. The highest BCUT2D eigenvalue weighted by Gasteiger charge is 2.55. The number of benzene rings is 9. The van der Waals surface area contributed by atoms with E-state index in [4.69, 9.17) is 60.6 Å². The first kappa shape index (κ1) is 117. The van der Waals surface area contributed by atoms with Crippen LogP contribution in [0.5, 0.6) is 23.0 Å². The number of nitrogens with one attached hydrogen (secondary N) is 4. The Kier molecular flexibility index (Phi) is 40.1. The van der Waals surface area contributed by atoms with E-state index in [2.05, 4.69) is 151 Å². The van der Waals surface area contributed by atoms with Gasteiger partial charge in [-0.3, -0.25) is 38.4 Å². The number of amidine groups is 1. The van der Waals surface area contributed by atoms with Gasteiger partial charge in [-0.25, -0.2) is 14.7 Å². The summed E-state index contributed by atoms with van der Waals surface area (Å²) in [6.07, 6.45) is 8.16. The molecule has 0 aromatic heterocycles. The second-order valence-electron chi connectivity index (χ2n) is 41.2. The third-order valence-corrected chi connectivity index (χ3v) is 28.1. The third kappa shape index (κ3) is 29.2. The van der Waals surface area contributed by atoms with Crippen LogP contribution in [-0.2, 0) is 55.2 Å². The van der Waals surface area contributed by atoms with E-state index in [1.54, 1.807) is 94.4 Å². The Bertz CT molecular complexity index is 6460. The summed E-state index contributed by atoms with van der Waals surface area (Å²) >= 11 is 25.3. The zero-order valence-electron chi connectivity index (χ0n) is 88.7. The highest BCUT2D eigenvalue weighted by Crippen LogP contribution is 2.45. The second kappa shape index (κ2) is 50.1. The fourth-order valence-corrected chi connectivity index (χ4v) is 17.2. The average Bonchev–Trinajstić information content (AvgIpc) is 1.66. The molecule has 1 saturated heterocycles. The van der Waals surface area contributed by atoms with Crippen LogP contribution >= 0.6 is 46.4 Å². The molecule has 0 saturated carbocycles. The molecule has 9 aromatic carbocycles. The number of anilines is 5. The van der Waals surface area contributed by atoms with Gasteiger partial charge in [0.1, 0.15) is 28.7 Å². The van der Waals surface area contributed by atoms with Crippen LogP contribution in [0.1, 0.15) is 265 Å². The molecule has 7 amide bonds. The number of cyclic esters (lactones) is 1. The average molecular weight is 2070 g/mol. The molecule has 12 rings (SSSR count). The van der Waals surface area contributed by atoms with Gasteiger partial charge in [0.2, 0.25) is 0 Å². The Morgan fingerprint density at radius 1 is 0.596 bits per heavy atom. The molecule has 2 aliphatic heterocycles. The van der Waals surface area contributed by atoms with Gasteiger partial charge >= 0.3 is 12.0 Å². The van der Waals surface area contributed by atoms with E-state index in [1.807, 2.05) is 113 Å². The number of nitrogens with zero attached hydrogens (tertiary/aromatic N) is 6. The molecular formula is C116H142Cl4N10O16. The molecule has 2 heterocycles. The van der Waals surface area contributed by atoms with Crippen molar-refractivity contribution in [1.29, 1.82) is 0 Å². The van der Waals surface area contributed by atoms with E-state index < -0.39 is 58.5 Å². The van der Waals surface area contributed by atoms with Gasteiger partial charge in [-0.15, -0.1) is 5.10 Å². The number of hydrogen-bond donors (Lipinski definition) is 8. The number of likely N-dealkylation sites (N-methyl/N-ethyl adjacent to an activating group) is 2. The van der Waals surface area contributed by atoms with Gasteiger partial charge in [0, 0.05) is 88.5 Å². The van der Waals surface area contributed by atoms with Crippen molar-refractivity contribution >= 4 is 157 Å². The summed E-state index contributed by atoms with van der Waals surface area (Å²) in [6, 6.07) is 47.6. The number of aliphatic hydroxyl groups is 2. The van der Waals surface area contributed by atoms with Crippen LogP contribution < -0.4 is 45.5 Å². The molecule has 30 heteroatoms. The smallest absolute Gasteiger partial charge is 0.418 e. The van der Waals surface area contributed by atoms with Crippen LogP contribution in [0.2, 0.25) is 20.1 Å². The molecule has 8 N–H and O–H groups in total. The molecule has 9 aromatic rings. The number of ether oxygens (including phenoxy) is 3. The summed E-state index contributed by atoms with van der Waals surface area (Å²) in [5.74, 6) is -2.35. The normalized spacial score (nSPS) is 14.3. The van der Waals surface area contributed by atoms with Gasteiger partial charge < -0.3 is 65.7 Å². The molecule has 146 heavy (non-hydrogen) atoms. The summed E-state index contributed by atoms with van der Waals surface area (Å²) in [6.45, 7) is 50.1. The molecule has 1 aliphatic carbocycles. The van der Waals surface area contributed by atoms with Crippen molar-refractivity contribution in [3.05, 3.63) is 268 Å². The first-order chi connectivity index (χ1) is 68.5. The number of carbonyl (C=O) groups excluding carboxylic acids is 9. The maximum atomic E-state index is 14.0. The van der Waals surface area contributed by atoms with Crippen molar-refractivity contribution in [2.45, 2.75) is 244 Å². The van der Waals surface area contributed by atoms with E-state index in [-0.39, 0.29) is 125 Å². The van der Waals surface area contributed by atoms with E-state index in [0.717, 1.165) is 105 Å². The molecule has 0 bridgehead atoms. The highest BCUT2D eigenvalue weighted by atomic mass is 35.5. The zero-order chi connectivity index (χ0) is 108. The summed E-state index contributed by atoms with van der Waals surface area (Å²) in [4.78, 5) is 128. The molecule has 1 unspecified atom stereocenters. The predicted molar refractivity (Wildman–Crippen MR) is 589 cm³/mol.